The van der Waals surface area contributed by atoms with E-state index in [4.69, 9.17) is 19.9 Å². The van der Waals surface area contributed by atoms with E-state index in [1.807, 2.05) is 27.7 Å². The Balaban J connectivity index is 0. The van der Waals surface area contributed by atoms with Gasteiger partial charge in [0.05, 0.1) is 0 Å². The molecule has 0 fully saturated rings. The van der Waals surface area contributed by atoms with Gasteiger partial charge in [0.15, 0.2) is 0 Å². The first kappa shape index (κ1) is 40.3. The topological polar surface area (TPSA) is 117 Å². The number of esters is 2. The normalized spacial score (nSPS) is 11.8. The van der Waals surface area contributed by atoms with E-state index in [1.54, 1.807) is 0 Å². The number of carbonyl (C=O) groups excluding carboxylic acids is 3. The summed E-state index contributed by atoms with van der Waals surface area (Å²) in [4.78, 5) is 34.9. The lowest BCUT2D eigenvalue weighted by Crippen LogP contribution is -2.33. The molecule has 40 heavy (non-hydrogen) atoms. The largest absolute Gasteiger partial charge is 0.462 e. The molecule has 1 atom stereocenters. The summed E-state index contributed by atoms with van der Waals surface area (Å²) in [6.07, 6.45) is 16.2. The van der Waals surface area contributed by atoms with Gasteiger partial charge in [0.1, 0.15) is 17.8 Å². The van der Waals surface area contributed by atoms with Crippen molar-refractivity contribution in [2.45, 2.75) is 175 Å². The SMILES string of the molecule is CCCC(CC)OC(=O)CCCN.CCCCCCC(CCCCCC)OC(=O)CCCNC(=O)OC(C)(C)C. The molecule has 238 valence electrons. The maximum absolute atomic E-state index is 12.1. The molecule has 0 radical (unpaired) electrons. The van der Waals surface area contributed by atoms with Crippen molar-refractivity contribution in [3.8, 4) is 0 Å². The van der Waals surface area contributed by atoms with Crippen LogP contribution in [-0.2, 0) is 23.8 Å². The van der Waals surface area contributed by atoms with Gasteiger partial charge in [-0.05, 0) is 78.7 Å². The second-order valence-electron chi connectivity index (χ2n) is 11.5. The molecule has 0 aromatic heterocycles. The van der Waals surface area contributed by atoms with Crippen LogP contribution in [0.15, 0.2) is 0 Å². The zero-order valence-electron chi connectivity index (χ0n) is 27.1. The van der Waals surface area contributed by atoms with E-state index in [2.05, 4.69) is 26.1 Å². The Hall–Kier alpha value is -1.83. The molecule has 0 aliphatic heterocycles. The van der Waals surface area contributed by atoms with Gasteiger partial charge in [-0.3, -0.25) is 9.59 Å². The van der Waals surface area contributed by atoms with Gasteiger partial charge in [-0.1, -0.05) is 72.6 Å². The van der Waals surface area contributed by atoms with E-state index in [0.29, 0.717) is 32.4 Å². The fraction of sp³-hybridized carbons (Fsp3) is 0.906. The average molecular weight is 573 g/mol. The minimum absolute atomic E-state index is 0.0463. The van der Waals surface area contributed by atoms with Crippen LogP contribution in [0.25, 0.3) is 0 Å². The van der Waals surface area contributed by atoms with Gasteiger partial charge in [0.2, 0.25) is 0 Å². The molecule has 1 unspecified atom stereocenters. The number of amides is 1. The Labute approximate surface area is 246 Å². The molecular formula is C32H64N2O6. The molecule has 0 saturated carbocycles. The standard InChI is InChI=1S/C22H43NO4.C10H21NO2/c1-6-8-10-12-15-19(16-13-11-9-7-2)26-20(24)17-14-18-23-21(25)27-22(3,4)5;1-3-6-9(4-2)13-10(12)7-5-8-11/h19H,6-18H2,1-5H3,(H,23,25);9H,3-8,11H2,1-2H3. The number of hydrogen-bond acceptors (Lipinski definition) is 7. The monoisotopic (exact) mass is 572 g/mol. The van der Waals surface area contributed by atoms with E-state index >= 15 is 0 Å². The molecule has 0 rings (SSSR count). The first-order chi connectivity index (χ1) is 19.0. The van der Waals surface area contributed by atoms with Crippen molar-refractivity contribution in [2.75, 3.05) is 13.1 Å². The quantitative estimate of drug-likeness (QED) is 0.0767. The van der Waals surface area contributed by atoms with Crippen molar-refractivity contribution in [2.24, 2.45) is 5.73 Å². The Kier molecular flexibility index (Phi) is 27.6. The van der Waals surface area contributed by atoms with Gasteiger partial charge in [0, 0.05) is 19.4 Å². The number of nitrogens with one attached hydrogen (secondary N) is 1. The summed E-state index contributed by atoms with van der Waals surface area (Å²) >= 11 is 0. The van der Waals surface area contributed by atoms with Gasteiger partial charge in [0.25, 0.3) is 0 Å². The van der Waals surface area contributed by atoms with Gasteiger partial charge in [-0.2, -0.15) is 0 Å². The van der Waals surface area contributed by atoms with Crippen molar-refractivity contribution in [1.82, 2.24) is 5.32 Å². The molecule has 3 N–H and O–H groups in total. The predicted octanol–water partition coefficient (Wildman–Crippen LogP) is 7.99. The molecule has 0 aromatic rings. The fourth-order valence-electron chi connectivity index (χ4n) is 4.00. The minimum Gasteiger partial charge on any atom is -0.462 e. The van der Waals surface area contributed by atoms with Crippen LogP contribution >= 0.6 is 0 Å². The van der Waals surface area contributed by atoms with Gasteiger partial charge in [-0.25, -0.2) is 4.79 Å². The van der Waals surface area contributed by atoms with Crippen LogP contribution < -0.4 is 11.1 Å². The molecule has 0 spiro atoms. The van der Waals surface area contributed by atoms with Crippen LogP contribution in [0.3, 0.4) is 0 Å². The summed E-state index contributed by atoms with van der Waals surface area (Å²) in [5, 5.41) is 2.68. The molecule has 0 aliphatic carbocycles. The van der Waals surface area contributed by atoms with Crippen LogP contribution in [0.4, 0.5) is 4.79 Å². The second kappa shape index (κ2) is 27.3. The maximum Gasteiger partial charge on any atom is 0.407 e. The molecule has 8 nitrogen and oxygen atoms in total. The van der Waals surface area contributed by atoms with Crippen LogP contribution in [0.1, 0.15) is 158 Å². The summed E-state index contributed by atoms with van der Waals surface area (Å²) in [6.45, 7) is 15.0. The van der Waals surface area contributed by atoms with E-state index in [0.717, 1.165) is 51.4 Å². The third-order valence-corrected chi connectivity index (χ3v) is 6.23. The highest BCUT2D eigenvalue weighted by atomic mass is 16.6. The molecule has 8 heteroatoms. The van der Waals surface area contributed by atoms with Crippen LogP contribution in [0.2, 0.25) is 0 Å². The van der Waals surface area contributed by atoms with Crippen molar-refractivity contribution in [3.05, 3.63) is 0 Å². The van der Waals surface area contributed by atoms with E-state index < -0.39 is 11.7 Å². The lowest BCUT2D eigenvalue weighted by Gasteiger charge is -2.20. The molecule has 0 saturated heterocycles. The minimum atomic E-state index is -0.508. The fourth-order valence-corrected chi connectivity index (χ4v) is 4.00. The number of ether oxygens (including phenoxy) is 3. The Morgan fingerprint density at radius 3 is 1.65 bits per heavy atom. The van der Waals surface area contributed by atoms with Crippen LogP contribution in [0, 0.1) is 0 Å². The maximum atomic E-state index is 12.1. The molecule has 0 heterocycles. The lowest BCUT2D eigenvalue weighted by molar-refractivity contribution is -0.150. The predicted molar refractivity (Wildman–Crippen MR) is 164 cm³/mol. The van der Waals surface area contributed by atoms with Crippen molar-refractivity contribution in [3.63, 3.8) is 0 Å². The highest BCUT2D eigenvalue weighted by molar-refractivity contribution is 5.70. The third-order valence-electron chi connectivity index (χ3n) is 6.23. The lowest BCUT2D eigenvalue weighted by atomic mass is 10.0. The number of alkyl carbamates (subject to hydrolysis) is 1. The number of hydrogen-bond donors (Lipinski definition) is 2. The molecule has 0 aromatic carbocycles. The van der Waals surface area contributed by atoms with Gasteiger partial charge < -0.3 is 25.3 Å². The van der Waals surface area contributed by atoms with Gasteiger partial charge >= 0.3 is 18.0 Å². The number of nitrogens with two attached hydrogens (primary N) is 1. The van der Waals surface area contributed by atoms with E-state index in [-0.39, 0.29) is 24.1 Å². The Bertz CT molecular complexity index is 609. The highest BCUT2D eigenvalue weighted by Gasteiger charge is 2.17. The van der Waals surface area contributed by atoms with Crippen molar-refractivity contribution >= 4 is 18.0 Å². The van der Waals surface area contributed by atoms with Crippen LogP contribution in [0.5, 0.6) is 0 Å². The summed E-state index contributed by atoms with van der Waals surface area (Å²) in [6, 6.07) is 0. The first-order valence-corrected chi connectivity index (χ1v) is 16.1. The summed E-state index contributed by atoms with van der Waals surface area (Å²) < 4.78 is 16.1. The van der Waals surface area contributed by atoms with E-state index in [1.165, 1.54) is 38.5 Å². The average Bonchev–Trinajstić information content (AvgIpc) is 2.89. The smallest absolute Gasteiger partial charge is 0.407 e. The second-order valence-corrected chi connectivity index (χ2v) is 11.5. The van der Waals surface area contributed by atoms with Crippen molar-refractivity contribution in [1.29, 1.82) is 0 Å². The third kappa shape index (κ3) is 29.2. The molecular weight excluding hydrogens is 508 g/mol. The number of carbonyl (C=O) groups is 3. The summed E-state index contributed by atoms with van der Waals surface area (Å²) in [5.74, 6) is -0.261. The highest BCUT2D eigenvalue weighted by Crippen LogP contribution is 2.16. The molecule has 0 bridgehead atoms. The summed E-state index contributed by atoms with van der Waals surface area (Å²) in [7, 11) is 0. The molecule has 1 amide bonds. The Morgan fingerprint density at radius 1 is 0.675 bits per heavy atom. The summed E-state index contributed by atoms with van der Waals surface area (Å²) in [5.41, 5.74) is 4.78. The van der Waals surface area contributed by atoms with Crippen LogP contribution in [-0.4, -0.2) is 48.9 Å². The first-order valence-electron chi connectivity index (χ1n) is 16.1. The van der Waals surface area contributed by atoms with Gasteiger partial charge in [-0.15, -0.1) is 0 Å². The zero-order chi connectivity index (χ0) is 30.7. The number of unbranched alkanes of at least 4 members (excludes halogenated alkanes) is 6. The Morgan fingerprint density at radius 2 is 1.20 bits per heavy atom. The molecule has 0 aliphatic rings. The van der Waals surface area contributed by atoms with Crippen molar-refractivity contribution < 1.29 is 28.6 Å². The van der Waals surface area contributed by atoms with E-state index in [9.17, 15) is 14.4 Å². The number of rotatable bonds is 22. The zero-order valence-corrected chi connectivity index (χ0v) is 27.1.